The highest BCUT2D eigenvalue weighted by Crippen LogP contribution is 2.27. The van der Waals surface area contributed by atoms with E-state index in [1.807, 2.05) is 0 Å². The van der Waals surface area contributed by atoms with Crippen molar-refractivity contribution in [2.45, 2.75) is 17.4 Å². The fourth-order valence-corrected chi connectivity index (χ4v) is 2.85. The predicted molar refractivity (Wildman–Crippen MR) is 98.6 cm³/mol. The summed E-state index contributed by atoms with van der Waals surface area (Å²) in [5, 5.41) is 9.98. The molecule has 0 radical (unpaired) electrons. The summed E-state index contributed by atoms with van der Waals surface area (Å²) in [7, 11) is 0. The molecule has 3 rings (SSSR count). The van der Waals surface area contributed by atoms with Crippen molar-refractivity contribution in [3.05, 3.63) is 59.9 Å². The second-order valence-electron chi connectivity index (χ2n) is 5.54. The quantitative estimate of drug-likeness (QED) is 0.630. The van der Waals surface area contributed by atoms with Crippen LogP contribution < -0.4 is 11.1 Å². The Morgan fingerprint density at radius 1 is 1.15 bits per heavy atom. The molecule has 3 N–H and O–H groups in total. The number of aromatic nitrogens is 2. The Balaban J connectivity index is 1.63. The number of primary amides is 1. The molecule has 9 heteroatoms. The monoisotopic (exact) mass is 386 g/mol. The molecule has 0 saturated carbocycles. The maximum Gasteiger partial charge on any atom is 0.277 e. The summed E-state index contributed by atoms with van der Waals surface area (Å²) < 4.78 is 19.2. The Kier molecular flexibility index (Phi) is 5.51. The molecule has 1 atom stereocenters. The van der Waals surface area contributed by atoms with E-state index in [2.05, 4.69) is 15.5 Å². The Hall–Kier alpha value is -3.20. The van der Waals surface area contributed by atoms with Crippen LogP contribution in [0.3, 0.4) is 0 Å². The largest absolute Gasteiger partial charge is 0.411 e. The number of halogens is 1. The van der Waals surface area contributed by atoms with Gasteiger partial charge in [-0.3, -0.25) is 9.59 Å². The van der Waals surface area contributed by atoms with Crippen LogP contribution in [-0.4, -0.2) is 27.3 Å². The number of rotatable bonds is 6. The number of nitrogens with one attached hydrogen (secondary N) is 1. The van der Waals surface area contributed by atoms with Gasteiger partial charge < -0.3 is 15.5 Å². The summed E-state index contributed by atoms with van der Waals surface area (Å²) in [4.78, 5) is 23.3. The highest BCUT2D eigenvalue weighted by Gasteiger charge is 2.20. The zero-order chi connectivity index (χ0) is 19.4. The average molecular weight is 386 g/mol. The highest BCUT2D eigenvalue weighted by atomic mass is 32.2. The van der Waals surface area contributed by atoms with E-state index in [-0.39, 0.29) is 22.6 Å². The summed E-state index contributed by atoms with van der Waals surface area (Å²) in [5.74, 6) is -1.26. The van der Waals surface area contributed by atoms with Gasteiger partial charge in [-0.2, -0.15) is 0 Å². The number of amides is 2. The standard InChI is InChI=1S/C18H15FN4O3S/c1-10(16(25)21-12-8-6-11(7-9-12)15(20)24)27-18-23-22-17(26-18)13-4-2-3-5-14(13)19/h2-10H,1H3,(H2,20,24)(H,21,25)/t10-/m1/s1. The van der Waals surface area contributed by atoms with Crippen LogP contribution in [0.4, 0.5) is 10.1 Å². The van der Waals surface area contributed by atoms with Crippen LogP contribution >= 0.6 is 11.8 Å². The van der Waals surface area contributed by atoms with Crippen molar-refractivity contribution in [2.24, 2.45) is 5.73 Å². The SMILES string of the molecule is C[C@@H](Sc1nnc(-c2ccccc2F)o1)C(=O)Nc1ccc(C(N)=O)cc1. The second-order valence-corrected chi connectivity index (χ2v) is 6.84. The fourth-order valence-electron chi connectivity index (χ4n) is 2.17. The zero-order valence-electron chi connectivity index (χ0n) is 14.2. The summed E-state index contributed by atoms with van der Waals surface area (Å²) in [6.45, 7) is 1.67. The molecular weight excluding hydrogens is 371 g/mol. The molecule has 138 valence electrons. The molecule has 0 fully saturated rings. The summed E-state index contributed by atoms with van der Waals surface area (Å²) in [6.07, 6.45) is 0. The van der Waals surface area contributed by atoms with Crippen LogP contribution in [0.25, 0.3) is 11.5 Å². The van der Waals surface area contributed by atoms with Crippen molar-refractivity contribution >= 4 is 29.3 Å². The van der Waals surface area contributed by atoms with Crippen molar-refractivity contribution < 1.29 is 18.4 Å². The van der Waals surface area contributed by atoms with Gasteiger partial charge in [0.1, 0.15) is 5.82 Å². The van der Waals surface area contributed by atoms with Gasteiger partial charge >= 0.3 is 0 Å². The second kappa shape index (κ2) is 8.00. The van der Waals surface area contributed by atoms with Crippen LogP contribution in [0.2, 0.25) is 0 Å². The third-order valence-corrected chi connectivity index (χ3v) is 4.53. The minimum atomic E-state index is -0.547. The molecule has 2 amide bonds. The molecule has 1 heterocycles. The van der Waals surface area contributed by atoms with Gasteiger partial charge in [0, 0.05) is 11.3 Å². The van der Waals surface area contributed by atoms with E-state index in [9.17, 15) is 14.0 Å². The molecule has 0 saturated heterocycles. The minimum absolute atomic E-state index is 0.0465. The first kappa shape index (κ1) is 18.6. The number of carbonyl (C=O) groups excluding carboxylic acids is 2. The smallest absolute Gasteiger partial charge is 0.277 e. The van der Waals surface area contributed by atoms with Crippen LogP contribution in [0.1, 0.15) is 17.3 Å². The molecule has 0 unspecified atom stereocenters. The molecule has 0 aliphatic heterocycles. The van der Waals surface area contributed by atoms with Crippen LogP contribution in [0.5, 0.6) is 0 Å². The maximum atomic E-state index is 13.8. The number of thioether (sulfide) groups is 1. The first-order chi connectivity index (χ1) is 12.9. The number of carbonyl (C=O) groups is 2. The van der Waals surface area contributed by atoms with Gasteiger partial charge in [-0.1, -0.05) is 23.9 Å². The first-order valence-corrected chi connectivity index (χ1v) is 8.78. The average Bonchev–Trinajstić information content (AvgIpc) is 3.10. The first-order valence-electron chi connectivity index (χ1n) is 7.90. The van der Waals surface area contributed by atoms with Crippen molar-refractivity contribution in [3.8, 4) is 11.5 Å². The lowest BCUT2D eigenvalue weighted by atomic mass is 10.2. The van der Waals surface area contributed by atoms with Gasteiger partial charge in [0.25, 0.3) is 11.1 Å². The van der Waals surface area contributed by atoms with Gasteiger partial charge in [0.15, 0.2) is 0 Å². The van der Waals surface area contributed by atoms with E-state index in [4.69, 9.17) is 10.2 Å². The Morgan fingerprint density at radius 3 is 2.52 bits per heavy atom. The van der Waals surface area contributed by atoms with Crippen molar-refractivity contribution in [3.63, 3.8) is 0 Å². The minimum Gasteiger partial charge on any atom is -0.411 e. The van der Waals surface area contributed by atoms with E-state index in [1.165, 1.54) is 24.3 Å². The number of anilines is 1. The highest BCUT2D eigenvalue weighted by molar-refractivity contribution is 8.00. The molecule has 0 aliphatic rings. The normalized spacial score (nSPS) is 11.8. The predicted octanol–water partition coefficient (Wildman–Crippen LogP) is 3.09. The lowest BCUT2D eigenvalue weighted by Crippen LogP contribution is -2.22. The molecule has 3 aromatic rings. The third kappa shape index (κ3) is 4.50. The maximum absolute atomic E-state index is 13.8. The summed E-state index contributed by atoms with van der Waals surface area (Å²) in [5.41, 5.74) is 6.25. The molecule has 0 aliphatic carbocycles. The van der Waals surface area contributed by atoms with E-state index in [0.717, 1.165) is 11.8 Å². The van der Waals surface area contributed by atoms with E-state index in [0.29, 0.717) is 11.3 Å². The van der Waals surface area contributed by atoms with Crippen LogP contribution in [0, 0.1) is 5.82 Å². The summed E-state index contributed by atoms with van der Waals surface area (Å²) >= 11 is 1.05. The lowest BCUT2D eigenvalue weighted by Gasteiger charge is -2.10. The van der Waals surface area contributed by atoms with E-state index in [1.54, 1.807) is 31.2 Å². The van der Waals surface area contributed by atoms with Crippen LogP contribution in [0.15, 0.2) is 58.2 Å². The Labute approximate surface area is 158 Å². The van der Waals surface area contributed by atoms with Gasteiger partial charge in [-0.15, -0.1) is 10.2 Å². The number of nitrogens with zero attached hydrogens (tertiary/aromatic N) is 2. The van der Waals surface area contributed by atoms with Crippen molar-refractivity contribution in [1.82, 2.24) is 10.2 Å². The summed E-state index contributed by atoms with van der Waals surface area (Å²) in [6, 6.07) is 12.3. The van der Waals surface area contributed by atoms with Crippen molar-refractivity contribution in [1.29, 1.82) is 0 Å². The number of hydrogen-bond acceptors (Lipinski definition) is 6. The third-order valence-electron chi connectivity index (χ3n) is 3.59. The Bertz CT molecular complexity index is 975. The fraction of sp³-hybridized carbons (Fsp3) is 0.111. The molecule has 0 spiro atoms. The van der Waals surface area contributed by atoms with Crippen LogP contribution in [-0.2, 0) is 4.79 Å². The van der Waals surface area contributed by atoms with E-state index >= 15 is 0 Å². The molecule has 27 heavy (non-hydrogen) atoms. The number of hydrogen-bond donors (Lipinski definition) is 2. The molecule has 0 bridgehead atoms. The number of benzene rings is 2. The molecule has 7 nitrogen and oxygen atoms in total. The van der Waals surface area contributed by atoms with Gasteiger partial charge in [0.05, 0.1) is 10.8 Å². The van der Waals surface area contributed by atoms with Gasteiger partial charge in [0.2, 0.25) is 11.8 Å². The molecular formula is C18H15FN4O3S. The molecule has 2 aromatic carbocycles. The molecule has 1 aromatic heterocycles. The van der Waals surface area contributed by atoms with E-state index < -0.39 is 17.0 Å². The van der Waals surface area contributed by atoms with Crippen molar-refractivity contribution in [2.75, 3.05) is 5.32 Å². The van der Waals surface area contributed by atoms with Gasteiger partial charge in [-0.05, 0) is 43.3 Å². The van der Waals surface area contributed by atoms with Gasteiger partial charge in [-0.25, -0.2) is 4.39 Å². The number of nitrogens with two attached hydrogens (primary N) is 1. The lowest BCUT2D eigenvalue weighted by molar-refractivity contribution is -0.115. The zero-order valence-corrected chi connectivity index (χ0v) is 15.0. The Morgan fingerprint density at radius 2 is 1.85 bits per heavy atom. The topological polar surface area (TPSA) is 111 Å².